The lowest BCUT2D eigenvalue weighted by atomic mass is 10.1. The number of nitrogens with one attached hydrogen (secondary N) is 2. The summed E-state index contributed by atoms with van der Waals surface area (Å²) in [4.78, 5) is 4.11. The zero-order valence-corrected chi connectivity index (χ0v) is 13.9. The summed E-state index contributed by atoms with van der Waals surface area (Å²) in [5, 5.41) is 3.25. The molecule has 0 aliphatic heterocycles. The van der Waals surface area contributed by atoms with Gasteiger partial charge in [0.05, 0.1) is 11.9 Å². The van der Waals surface area contributed by atoms with Crippen molar-refractivity contribution in [2.24, 2.45) is 0 Å². The van der Waals surface area contributed by atoms with Crippen LogP contribution in [0.5, 0.6) is 0 Å². The van der Waals surface area contributed by atoms with E-state index in [1.165, 1.54) is 25.2 Å². The summed E-state index contributed by atoms with van der Waals surface area (Å²) in [6.45, 7) is 4.07. The molecule has 0 fully saturated rings. The van der Waals surface area contributed by atoms with Crippen LogP contribution in [-0.2, 0) is 10.2 Å². The number of rotatable bonds is 5. The molecule has 0 saturated carbocycles. The molecule has 1 heterocycles. The Hall–Kier alpha value is -2.12. The Morgan fingerprint density at radius 2 is 1.64 bits per heavy atom. The van der Waals surface area contributed by atoms with Crippen molar-refractivity contribution in [1.82, 2.24) is 9.29 Å². The van der Waals surface area contributed by atoms with Crippen molar-refractivity contribution in [2.45, 2.75) is 13.8 Å². The Morgan fingerprint density at radius 3 is 2.14 bits per heavy atom. The maximum absolute atomic E-state index is 11.7. The van der Waals surface area contributed by atoms with E-state index in [4.69, 9.17) is 0 Å². The number of nitrogens with zero attached hydrogens (tertiary/aromatic N) is 2. The predicted octanol–water partition coefficient (Wildman–Crippen LogP) is 2.66. The highest BCUT2D eigenvalue weighted by molar-refractivity contribution is 7.90. The van der Waals surface area contributed by atoms with Crippen molar-refractivity contribution < 1.29 is 8.42 Å². The lowest BCUT2D eigenvalue weighted by Gasteiger charge is -2.13. The van der Waals surface area contributed by atoms with Gasteiger partial charge in [0.2, 0.25) is 0 Å². The van der Waals surface area contributed by atoms with Crippen molar-refractivity contribution >= 4 is 27.4 Å². The van der Waals surface area contributed by atoms with E-state index >= 15 is 0 Å². The summed E-state index contributed by atoms with van der Waals surface area (Å²) in [5.41, 5.74) is 4.11. The van der Waals surface area contributed by atoms with Crippen molar-refractivity contribution in [3.8, 4) is 0 Å². The van der Waals surface area contributed by atoms with Gasteiger partial charge < -0.3 is 5.32 Å². The second kappa shape index (κ2) is 6.33. The molecule has 2 aromatic rings. The minimum absolute atomic E-state index is 0.277. The maximum Gasteiger partial charge on any atom is 0.302 e. The molecule has 0 atom stereocenters. The Morgan fingerprint density at radius 1 is 1.00 bits per heavy atom. The van der Waals surface area contributed by atoms with Gasteiger partial charge in [0, 0.05) is 19.8 Å². The van der Waals surface area contributed by atoms with Gasteiger partial charge in [0.25, 0.3) is 0 Å². The van der Waals surface area contributed by atoms with E-state index in [0.717, 1.165) is 15.7 Å². The van der Waals surface area contributed by atoms with Crippen LogP contribution in [0.1, 0.15) is 11.1 Å². The van der Waals surface area contributed by atoms with E-state index in [-0.39, 0.29) is 5.82 Å². The monoisotopic (exact) mass is 320 g/mol. The molecule has 0 unspecified atom stereocenters. The van der Waals surface area contributed by atoms with Crippen LogP contribution in [0.4, 0.5) is 17.2 Å². The van der Waals surface area contributed by atoms with Crippen molar-refractivity contribution in [3.05, 3.63) is 47.7 Å². The van der Waals surface area contributed by atoms with Gasteiger partial charge in [-0.15, -0.1) is 0 Å². The lowest BCUT2D eigenvalue weighted by molar-refractivity contribution is 0.526. The summed E-state index contributed by atoms with van der Waals surface area (Å²) in [7, 11) is -0.620. The van der Waals surface area contributed by atoms with E-state index < -0.39 is 10.2 Å². The Labute approximate surface area is 131 Å². The van der Waals surface area contributed by atoms with Gasteiger partial charge >= 0.3 is 10.2 Å². The van der Waals surface area contributed by atoms with E-state index in [2.05, 4.69) is 21.1 Å². The maximum atomic E-state index is 11.7. The molecule has 2 rings (SSSR count). The molecule has 22 heavy (non-hydrogen) atoms. The highest BCUT2D eigenvalue weighted by Gasteiger charge is 2.13. The SMILES string of the molecule is Cc1cc(C)cc(Nc2ccc(NS(=O)(=O)N(C)C)nc2)c1. The molecule has 1 aromatic carbocycles. The molecule has 1 aromatic heterocycles. The number of hydrogen-bond acceptors (Lipinski definition) is 4. The number of pyridine rings is 1. The van der Waals surface area contributed by atoms with Gasteiger partial charge in [-0.25, -0.2) is 4.98 Å². The van der Waals surface area contributed by atoms with E-state index in [0.29, 0.717) is 0 Å². The number of hydrogen-bond donors (Lipinski definition) is 2. The molecule has 0 aliphatic rings. The molecule has 0 bridgehead atoms. The summed E-state index contributed by atoms with van der Waals surface area (Å²) in [6, 6.07) is 9.57. The number of anilines is 3. The van der Waals surface area contributed by atoms with E-state index in [1.54, 1.807) is 18.3 Å². The van der Waals surface area contributed by atoms with E-state index in [1.807, 2.05) is 26.0 Å². The summed E-state index contributed by atoms with van der Waals surface area (Å²) in [6.07, 6.45) is 1.59. The first-order valence-corrected chi connectivity index (χ1v) is 8.22. The molecule has 0 amide bonds. The topological polar surface area (TPSA) is 74.3 Å². The fraction of sp³-hybridized carbons (Fsp3) is 0.267. The second-order valence-electron chi connectivity index (χ2n) is 5.32. The van der Waals surface area contributed by atoms with Crippen molar-refractivity contribution in [3.63, 3.8) is 0 Å². The summed E-state index contributed by atoms with van der Waals surface area (Å²) >= 11 is 0. The molecule has 0 spiro atoms. The minimum Gasteiger partial charge on any atom is -0.354 e. The van der Waals surface area contributed by atoms with Crippen LogP contribution in [0, 0.1) is 13.8 Å². The quantitative estimate of drug-likeness (QED) is 0.888. The van der Waals surface area contributed by atoms with Gasteiger partial charge in [-0.1, -0.05) is 6.07 Å². The van der Waals surface area contributed by atoms with Crippen LogP contribution in [-0.4, -0.2) is 31.8 Å². The van der Waals surface area contributed by atoms with Crippen LogP contribution < -0.4 is 10.0 Å². The molecule has 6 nitrogen and oxygen atoms in total. The fourth-order valence-corrected chi connectivity index (χ4v) is 2.53. The third-order valence-corrected chi connectivity index (χ3v) is 4.42. The summed E-state index contributed by atoms with van der Waals surface area (Å²) < 4.78 is 26.9. The summed E-state index contributed by atoms with van der Waals surface area (Å²) in [5.74, 6) is 0.277. The van der Waals surface area contributed by atoms with Gasteiger partial charge in [0.1, 0.15) is 5.82 Å². The molecule has 0 saturated heterocycles. The van der Waals surface area contributed by atoms with Crippen LogP contribution in [0.25, 0.3) is 0 Å². The zero-order valence-electron chi connectivity index (χ0n) is 13.1. The molecule has 7 heteroatoms. The van der Waals surface area contributed by atoms with Crippen LogP contribution >= 0.6 is 0 Å². The first-order chi connectivity index (χ1) is 10.3. The first kappa shape index (κ1) is 16.3. The third kappa shape index (κ3) is 4.19. The molecular formula is C15H20N4O2S. The molecule has 0 aliphatic carbocycles. The normalized spacial score (nSPS) is 11.5. The van der Waals surface area contributed by atoms with Crippen molar-refractivity contribution in [2.75, 3.05) is 24.1 Å². The van der Waals surface area contributed by atoms with Crippen LogP contribution in [0.3, 0.4) is 0 Å². The number of aryl methyl sites for hydroxylation is 2. The fourth-order valence-electron chi connectivity index (χ4n) is 1.97. The average molecular weight is 320 g/mol. The second-order valence-corrected chi connectivity index (χ2v) is 7.21. The van der Waals surface area contributed by atoms with Gasteiger partial charge in [-0.2, -0.15) is 12.7 Å². The minimum atomic E-state index is -3.53. The number of aromatic nitrogens is 1. The Balaban J connectivity index is 2.12. The standard InChI is InChI=1S/C15H20N4O2S/c1-11-7-12(2)9-14(8-11)17-13-5-6-15(16-10-13)18-22(20,21)19(3)4/h5-10,17H,1-4H3,(H,16,18). The van der Waals surface area contributed by atoms with E-state index in [9.17, 15) is 8.42 Å². The predicted molar refractivity (Wildman–Crippen MR) is 89.7 cm³/mol. The molecule has 118 valence electrons. The largest absolute Gasteiger partial charge is 0.354 e. The first-order valence-electron chi connectivity index (χ1n) is 6.78. The smallest absolute Gasteiger partial charge is 0.302 e. The van der Waals surface area contributed by atoms with Gasteiger partial charge in [0.15, 0.2) is 0 Å². The van der Waals surface area contributed by atoms with Crippen molar-refractivity contribution in [1.29, 1.82) is 0 Å². The molecule has 0 radical (unpaired) electrons. The molecular weight excluding hydrogens is 300 g/mol. The van der Waals surface area contributed by atoms with Crippen LogP contribution in [0.15, 0.2) is 36.5 Å². The average Bonchev–Trinajstić information content (AvgIpc) is 2.39. The highest BCUT2D eigenvalue weighted by Crippen LogP contribution is 2.20. The Bertz CT molecular complexity index is 735. The van der Waals surface area contributed by atoms with Crippen LogP contribution in [0.2, 0.25) is 0 Å². The highest BCUT2D eigenvalue weighted by atomic mass is 32.2. The molecule has 2 N–H and O–H groups in total. The zero-order chi connectivity index (χ0) is 16.3. The lowest BCUT2D eigenvalue weighted by Crippen LogP contribution is -2.29. The van der Waals surface area contributed by atoms with Gasteiger partial charge in [-0.3, -0.25) is 4.72 Å². The van der Waals surface area contributed by atoms with Gasteiger partial charge in [-0.05, 0) is 49.2 Å². The Kier molecular flexibility index (Phi) is 4.68. The number of benzene rings is 1. The third-order valence-electron chi connectivity index (χ3n) is 2.99.